The Bertz CT molecular complexity index is 2510. The molecule has 0 amide bonds. The molecule has 0 N–H and O–H groups in total. The molecule has 0 spiro atoms. The maximum atomic E-state index is 4.77. The first-order valence-corrected chi connectivity index (χ1v) is 17.5. The van der Waals surface area contributed by atoms with Crippen molar-refractivity contribution in [3.63, 3.8) is 0 Å². The van der Waals surface area contributed by atoms with Gasteiger partial charge in [-0.05, 0) is 64.1 Å². The van der Waals surface area contributed by atoms with E-state index in [9.17, 15) is 0 Å². The number of para-hydroxylation sites is 1. The average molecular weight is 652 g/mol. The summed E-state index contributed by atoms with van der Waals surface area (Å²) >= 11 is 0. The van der Waals surface area contributed by atoms with Crippen LogP contribution in [-0.4, -0.2) is 21.2 Å². The van der Waals surface area contributed by atoms with Crippen LogP contribution >= 0.6 is 0 Å². The molecule has 9 aromatic rings. The van der Waals surface area contributed by atoms with Crippen molar-refractivity contribution >= 4 is 45.2 Å². The molecule has 2 aromatic heterocycles. The lowest BCUT2D eigenvalue weighted by Crippen LogP contribution is -2.53. The summed E-state index contributed by atoms with van der Waals surface area (Å²) in [4.78, 5) is 9.50. The first-order chi connectivity index (χ1) is 25.3. The molecular weight excluding hydrogens is 617 g/mol. The molecule has 0 unspecified atom stereocenters. The predicted octanol–water partition coefficient (Wildman–Crippen LogP) is 9.01. The van der Waals surface area contributed by atoms with Gasteiger partial charge in [0.2, 0.25) is 6.71 Å². The molecule has 0 saturated carbocycles. The fraction of sp³-hybridized carbons (Fsp3) is 0.0213. The number of aromatic nitrogens is 3. The fourth-order valence-electron chi connectivity index (χ4n) is 7.56. The van der Waals surface area contributed by atoms with Gasteiger partial charge < -0.3 is 0 Å². The smallest absolute Gasteiger partial charge is 0.242 e. The Morgan fingerprint density at radius 1 is 0.471 bits per heavy atom. The van der Waals surface area contributed by atoms with E-state index in [1.54, 1.807) is 12.4 Å². The first kappa shape index (κ1) is 30.5. The summed E-state index contributed by atoms with van der Waals surface area (Å²) in [6.07, 6.45) is 4.37. The molecule has 240 valence electrons. The normalized spacial score (nSPS) is 11.2. The molecule has 0 atom stereocenters. The van der Waals surface area contributed by atoms with Crippen LogP contribution in [0.25, 0.3) is 50.0 Å². The van der Waals surface area contributed by atoms with E-state index in [0.29, 0.717) is 0 Å². The Kier molecular flexibility index (Phi) is 8.03. The first-order valence-electron chi connectivity index (χ1n) is 17.5. The lowest BCUT2D eigenvalue weighted by atomic mass is 9.35. The molecular formula is C47H34BN3. The largest absolute Gasteiger partial charge is 0.293 e. The van der Waals surface area contributed by atoms with Crippen molar-refractivity contribution in [3.8, 4) is 27.9 Å². The molecule has 0 saturated heterocycles. The van der Waals surface area contributed by atoms with Crippen LogP contribution in [0.1, 0.15) is 11.1 Å². The van der Waals surface area contributed by atoms with E-state index in [2.05, 4.69) is 180 Å². The van der Waals surface area contributed by atoms with E-state index in [0.717, 1.165) is 34.2 Å². The van der Waals surface area contributed by atoms with Gasteiger partial charge in [0, 0.05) is 23.5 Å². The van der Waals surface area contributed by atoms with Crippen LogP contribution in [-0.2, 0) is 6.42 Å². The Hall–Kier alpha value is -6.52. The molecule has 0 aliphatic rings. The van der Waals surface area contributed by atoms with E-state index < -0.39 is 0 Å². The van der Waals surface area contributed by atoms with Crippen molar-refractivity contribution in [1.29, 1.82) is 0 Å². The summed E-state index contributed by atoms with van der Waals surface area (Å²) in [5.41, 5.74) is 15.3. The van der Waals surface area contributed by atoms with E-state index in [4.69, 9.17) is 9.97 Å². The van der Waals surface area contributed by atoms with Gasteiger partial charge in [-0.1, -0.05) is 174 Å². The number of fused-ring (bicyclic) bond motifs is 3. The number of hydrogen-bond donors (Lipinski definition) is 0. The molecule has 9 rings (SSSR count). The van der Waals surface area contributed by atoms with Crippen LogP contribution in [0.2, 0.25) is 0 Å². The Labute approximate surface area is 298 Å². The van der Waals surface area contributed by atoms with Crippen LogP contribution in [0, 0.1) is 0 Å². The highest BCUT2D eigenvalue weighted by atomic mass is 15.1. The summed E-state index contributed by atoms with van der Waals surface area (Å²) in [6, 6.07) is 65.6. The lowest BCUT2D eigenvalue weighted by molar-refractivity contribution is 1.12. The van der Waals surface area contributed by atoms with Crippen molar-refractivity contribution in [2.24, 2.45) is 0 Å². The highest BCUT2D eigenvalue weighted by Crippen LogP contribution is 2.31. The van der Waals surface area contributed by atoms with Crippen LogP contribution in [0.4, 0.5) is 0 Å². The highest BCUT2D eigenvalue weighted by Gasteiger charge is 2.27. The lowest BCUT2D eigenvalue weighted by Gasteiger charge is -2.22. The van der Waals surface area contributed by atoms with Gasteiger partial charge in [0.1, 0.15) is 5.52 Å². The second-order valence-corrected chi connectivity index (χ2v) is 13.0. The maximum absolute atomic E-state index is 4.77. The Morgan fingerprint density at radius 2 is 1.00 bits per heavy atom. The number of benzene rings is 7. The summed E-state index contributed by atoms with van der Waals surface area (Å²) < 4.78 is 2.21. The van der Waals surface area contributed by atoms with Crippen molar-refractivity contribution in [2.75, 3.05) is 0 Å². The molecule has 51 heavy (non-hydrogen) atoms. The molecule has 7 aromatic carbocycles. The van der Waals surface area contributed by atoms with Crippen molar-refractivity contribution < 1.29 is 0 Å². The zero-order chi connectivity index (χ0) is 34.0. The topological polar surface area (TPSA) is 30.7 Å². The van der Waals surface area contributed by atoms with Crippen LogP contribution in [0.15, 0.2) is 194 Å². The minimum Gasteiger partial charge on any atom is -0.293 e. The van der Waals surface area contributed by atoms with E-state index in [1.165, 1.54) is 49.8 Å². The average Bonchev–Trinajstić information content (AvgIpc) is 3.54. The third-order valence-corrected chi connectivity index (χ3v) is 9.90. The van der Waals surface area contributed by atoms with Crippen molar-refractivity contribution in [1.82, 2.24) is 14.5 Å². The van der Waals surface area contributed by atoms with Crippen molar-refractivity contribution in [2.45, 2.75) is 6.42 Å². The number of rotatable bonds is 8. The summed E-state index contributed by atoms with van der Waals surface area (Å²) in [5.74, 6) is 0. The SMILES string of the molecule is c1ccc(-c2ccccc2B(c2ccc(Cc3ccc4c(c3)c3nccnc3n4-c3ccccc3)cc2)c2ccccc2-c2ccccc2)cc1. The van der Waals surface area contributed by atoms with Gasteiger partial charge in [-0.25, -0.2) is 4.98 Å². The van der Waals surface area contributed by atoms with Gasteiger partial charge >= 0.3 is 0 Å². The van der Waals surface area contributed by atoms with E-state index in [-0.39, 0.29) is 6.71 Å². The van der Waals surface area contributed by atoms with Crippen LogP contribution in [0.3, 0.4) is 0 Å². The zero-order valence-electron chi connectivity index (χ0n) is 28.1. The molecule has 2 heterocycles. The number of nitrogens with zero attached hydrogens (tertiary/aromatic N) is 3. The summed E-state index contributed by atoms with van der Waals surface area (Å²) in [5, 5.41) is 1.12. The maximum Gasteiger partial charge on any atom is 0.242 e. The molecule has 0 aliphatic carbocycles. The molecule has 0 aliphatic heterocycles. The van der Waals surface area contributed by atoms with Gasteiger partial charge in [-0.2, -0.15) is 0 Å². The quantitative estimate of drug-likeness (QED) is 0.154. The summed E-state index contributed by atoms with van der Waals surface area (Å²) in [7, 11) is 0. The van der Waals surface area contributed by atoms with Gasteiger partial charge in [-0.15, -0.1) is 0 Å². The van der Waals surface area contributed by atoms with Crippen LogP contribution < -0.4 is 16.4 Å². The van der Waals surface area contributed by atoms with Gasteiger partial charge in [0.25, 0.3) is 0 Å². The van der Waals surface area contributed by atoms with Crippen molar-refractivity contribution in [3.05, 3.63) is 206 Å². The highest BCUT2D eigenvalue weighted by molar-refractivity contribution is 6.97. The summed E-state index contributed by atoms with van der Waals surface area (Å²) in [6.45, 7) is 0.0332. The minimum atomic E-state index is 0.0332. The third kappa shape index (κ3) is 5.81. The van der Waals surface area contributed by atoms with Gasteiger partial charge in [0.05, 0.1) is 5.52 Å². The van der Waals surface area contributed by atoms with Crippen LogP contribution in [0.5, 0.6) is 0 Å². The second-order valence-electron chi connectivity index (χ2n) is 13.0. The molecule has 0 radical (unpaired) electrons. The fourth-order valence-corrected chi connectivity index (χ4v) is 7.56. The third-order valence-electron chi connectivity index (χ3n) is 9.90. The van der Waals surface area contributed by atoms with E-state index in [1.807, 2.05) is 6.07 Å². The Balaban J connectivity index is 1.12. The molecule has 0 fully saturated rings. The standard InChI is InChI=1S/C47H34BN3/c1-4-14-36(15-5-1)40-20-10-12-22-43(40)48(44-23-13-11-21-41(44)37-16-6-2-7-17-37)38-27-24-34(25-28-38)32-35-26-29-45-42(33-35)46-47(50-31-30-49-46)51(45)39-18-8-3-9-19-39/h1-31,33H,32H2. The molecule has 0 bridgehead atoms. The van der Waals surface area contributed by atoms with Gasteiger partial charge in [-0.3, -0.25) is 9.55 Å². The predicted molar refractivity (Wildman–Crippen MR) is 214 cm³/mol. The second kappa shape index (κ2) is 13.4. The molecule has 3 nitrogen and oxygen atoms in total. The van der Waals surface area contributed by atoms with E-state index >= 15 is 0 Å². The Morgan fingerprint density at radius 3 is 1.63 bits per heavy atom. The monoisotopic (exact) mass is 651 g/mol. The zero-order valence-corrected chi connectivity index (χ0v) is 28.1. The molecule has 4 heteroatoms. The van der Waals surface area contributed by atoms with Gasteiger partial charge in [0.15, 0.2) is 5.65 Å². The number of hydrogen-bond acceptors (Lipinski definition) is 2. The minimum absolute atomic E-state index is 0.0332.